The van der Waals surface area contributed by atoms with Crippen molar-refractivity contribution < 1.29 is 35.8 Å². The molecule has 0 N–H and O–H groups in total. The SMILES string of the molecule is O=C=NBr.[H-].[Na+]. The topological polar surface area (TPSA) is 29.4 Å². The van der Waals surface area contributed by atoms with Crippen LogP contribution in [0.1, 0.15) is 1.43 Å². The maximum Gasteiger partial charge on any atom is 1.00 e. The maximum atomic E-state index is 8.84. The largest absolute Gasteiger partial charge is 1.00 e. The average molecular weight is 146 g/mol. The van der Waals surface area contributed by atoms with Crippen LogP contribution in [0.4, 0.5) is 0 Å². The number of halogens is 1. The smallest absolute Gasteiger partial charge is 1.00 e. The van der Waals surface area contributed by atoms with E-state index in [1.807, 2.05) is 0 Å². The normalized spacial score (nSPS) is 3.40. The summed E-state index contributed by atoms with van der Waals surface area (Å²) in [4.78, 5) is 8.84. The van der Waals surface area contributed by atoms with Gasteiger partial charge >= 0.3 is 29.6 Å². The van der Waals surface area contributed by atoms with Gasteiger partial charge in [0.15, 0.2) is 0 Å². The van der Waals surface area contributed by atoms with Crippen LogP contribution < -0.4 is 29.6 Å². The molecule has 2 nitrogen and oxygen atoms in total. The number of hydrogen-bond acceptors (Lipinski definition) is 2. The average Bonchev–Trinajstić information content (AvgIpc) is 1.37. The van der Waals surface area contributed by atoms with E-state index in [-0.39, 0.29) is 31.0 Å². The Morgan fingerprint density at radius 3 is 2.20 bits per heavy atom. The number of isocyanates is 1. The molecule has 0 fully saturated rings. The van der Waals surface area contributed by atoms with Crippen molar-refractivity contribution in [1.82, 2.24) is 0 Å². The van der Waals surface area contributed by atoms with Gasteiger partial charge in [0.1, 0.15) is 0 Å². The zero-order valence-electron chi connectivity index (χ0n) is 3.73. The number of rotatable bonds is 0. The van der Waals surface area contributed by atoms with Crippen LogP contribution in [0.2, 0.25) is 0 Å². The molecule has 0 aromatic heterocycles. The Kier molecular flexibility index (Phi) is 16.4. The molecule has 4 heteroatoms. The van der Waals surface area contributed by atoms with E-state index in [1.54, 1.807) is 0 Å². The first kappa shape index (κ1) is 9.29. The molecule has 0 heterocycles. The van der Waals surface area contributed by atoms with Gasteiger partial charge in [-0.15, -0.1) is 4.02 Å². The van der Waals surface area contributed by atoms with Gasteiger partial charge in [0.05, 0.1) is 16.1 Å². The van der Waals surface area contributed by atoms with E-state index in [4.69, 9.17) is 4.79 Å². The summed E-state index contributed by atoms with van der Waals surface area (Å²) in [6.07, 6.45) is 1.22. The number of nitrogens with zero attached hydrogens (tertiary/aromatic N) is 1. The fourth-order valence-corrected chi connectivity index (χ4v) is 0. The first-order chi connectivity index (χ1) is 1.91. The van der Waals surface area contributed by atoms with Gasteiger partial charge in [0, 0.05) is 0 Å². The summed E-state index contributed by atoms with van der Waals surface area (Å²) in [6, 6.07) is 0. The Hall–Kier alpha value is 0.860. The van der Waals surface area contributed by atoms with Crippen molar-refractivity contribution in [3.8, 4) is 0 Å². The number of carbonyl (C=O) groups excluding carboxylic acids is 1. The molecule has 24 valence electrons. The third kappa shape index (κ3) is 11.5. The molecule has 0 rings (SSSR count). The van der Waals surface area contributed by atoms with Crippen LogP contribution in [0.25, 0.3) is 0 Å². The molecule has 0 aliphatic rings. The summed E-state index contributed by atoms with van der Waals surface area (Å²) in [5.74, 6) is 0. The second kappa shape index (κ2) is 8.85. The van der Waals surface area contributed by atoms with Crippen molar-refractivity contribution in [2.24, 2.45) is 4.02 Å². The maximum absolute atomic E-state index is 8.84. The molecule has 0 saturated carbocycles. The summed E-state index contributed by atoms with van der Waals surface area (Å²) >= 11 is 2.45. The monoisotopic (exact) mass is 145 g/mol. The third-order valence-corrected chi connectivity index (χ3v) is 0.179. The Labute approximate surface area is 61.8 Å². The predicted molar refractivity (Wildman–Crippen MR) is 18.2 cm³/mol. The second-order valence-electron chi connectivity index (χ2n) is 0.176. The fourth-order valence-electron chi connectivity index (χ4n) is 0. The van der Waals surface area contributed by atoms with Gasteiger partial charge in [-0.1, -0.05) is 0 Å². The van der Waals surface area contributed by atoms with Crippen molar-refractivity contribution in [3.63, 3.8) is 0 Å². The first-order valence-corrected chi connectivity index (χ1v) is 1.31. The molecule has 0 bridgehead atoms. The molecule has 0 aromatic carbocycles. The van der Waals surface area contributed by atoms with Crippen molar-refractivity contribution in [2.75, 3.05) is 0 Å². The Morgan fingerprint density at radius 2 is 2.20 bits per heavy atom. The molecule has 0 amide bonds. The standard InChI is InChI=1S/CBrNO.Na.H/c2-3-1-4;;/q;+1;-1. The van der Waals surface area contributed by atoms with Gasteiger partial charge in [-0.25, -0.2) is 4.79 Å². The second-order valence-corrected chi connectivity index (χ2v) is 0.530. The van der Waals surface area contributed by atoms with Crippen molar-refractivity contribution >= 4 is 22.2 Å². The molecule has 0 radical (unpaired) electrons. The number of hydrogen-bond donors (Lipinski definition) is 0. The van der Waals surface area contributed by atoms with Gasteiger partial charge in [-0.05, 0) is 0 Å². The van der Waals surface area contributed by atoms with Crippen LogP contribution in [0, 0.1) is 0 Å². The van der Waals surface area contributed by atoms with Crippen LogP contribution in [0.3, 0.4) is 0 Å². The van der Waals surface area contributed by atoms with E-state index in [0.717, 1.165) is 0 Å². The third-order valence-electron chi connectivity index (χ3n) is 0.0345. The minimum atomic E-state index is 0. The van der Waals surface area contributed by atoms with Crippen LogP contribution in [0.15, 0.2) is 4.02 Å². The summed E-state index contributed by atoms with van der Waals surface area (Å²) in [5.41, 5.74) is 0. The molecular formula is CHBrNNaO. The minimum absolute atomic E-state index is 0. The van der Waals surface area contributed by atoms with Crippen molar-refractivity contribution in [3.05, 3.63) is 0 Å². The van der Waals surface area contributed by atoms with Crippen LogP contribution in [-0.2, 0) is 4.79 Å². The Balaban J connectivity index is -0.0000000450. The molecule has 0 unspecified atom stereocenters. The van der Waals surface area contributed by atoms with E-state index in [0.29, 0.717) is 0 Å². The summed E-state index contributed by atoms with van der Waals surface area (Å²) < 4.78 is 2.74. The fraction of sp³-hybridized carbons (Fsp3) is 0. The van der Waals surface area contributed by atoms with Gasteiger partial charge in [-0.3, -0.25) is 0 Å². The van der Waals surface area contributed by atoms with Crippen LogP contribution in [-0.4, -0.2) is 6.08 Å². The molecule has 0 aliphatic carbocycles. The summed E-state index contributed by atoms with van der Waals surface area (Å²) in [6.45, 7) is 0. The summed E-state index contributed by atoms with van der Waals surface area (Å²) in [7, 11) is 0. The predicted octanol–water partition coefficient (Wildman–Crippen LogP) is -2.25. The minimum Gasteiger partial charge on any atom is -1.00 e. The first-order valence-electron chi connectivity index (χ1n) is 0.597. The summed E-state index contributed by atoms with van der Waals surface area (Å²) in [5, 5.41) is 0. The van der Waals surface area contributed by atoms with Crippen LogP contribution in [0.5, 0.6) is 0 Å². The molecule has 5 heavy (non-hydrogen) atoms. The molecule has 0 aromatic rings. The van der Waals surface area contributed by atoms with Crippen molar-refractivity contribution in [2.45, 2.75) is 0 Å². The van der Waals surface area contributed by atoms with E-state index < -0.39 is 0 Å². The van der Waals surface area contributed by atoms with E-state index >= 15 is 0 Å². The van der Waals surface area contributed by atoms with Gasteiger partial charge in [0.2, 0.25) is 6.08 Å². The quantitative estimate of drug-likeness (QED) is 0.215. The van der Waals surface area contributed by atoms with Gasteiger partial charge < -0.3 is 1.43 Å². The van der Waals surface area contributed by atoms with E-state index in [2.05, 4.69) is 20.2 Å². The Bertz CT molecular complexity index is 53.5. The molecule has 0 spiro atoms. The Morgan fingerprint density at radius 1 is 2.00 bits per heavy atom. The zero-order valence-corrected chi connectivity index (χ0v) is 6.32. The van der Waals surface area contributed by atoms with E-state index in [9.17, 15) is 0 Å². The molecule has 0 atom stereocenters. The molecular weight excluding hydrogens is 145 g/mol. The molecule has 0 saturated heterocycles. The zero-order chi connectivity index (χ0) is 3.41. The van der Waals surface area contributed by atoms with Gasteiger partial charge in [0.25, 0.3) is 0 Å². The van der Waals surface area contributed by atoms with Gasteiger partial charge in [-0.2, -0.15) is 0 Å². The van der Waals surface area contributed by atoms with Crippen LogP contribution >= 0.6 is 16.1 Å². The molecule has 0 aliphatic heterocycles. The van der Waals surface area contributed by atoms with E-state index in [1.165, 1.54) is 6.08 Å². The van der Waals surface area contributed by atoms with Crippen molar-refractivity contribution in [1.29, 1.82) is 0 Å².